The quantitative estimate of drug-likeness (QED) is 0.826. The molecule has 2 amide bonds. The maximum absolute atomic E-state index is 13.0. The predicted molar refractivity (Wildman–Crippen MR) is 104 cm³/mol. The molecule has 9 heteroatoms. The van der Waals surface area contributed by atoms with Gasteiger partial charge >= 0.3 is 0 Å². The standard InChI is InChI=1S/C20H26N6O3/c1-13-15(10-21-14(2)24-13)19(28)25-8-5-20(6-9-25)18-16(22-12-23-18)4-7-26(20)17(27)11-29-3/h10,12H,4-9,11H2,1-3H3,(H,22,23). The number of nitrogens with one attached hydrogen (secondary N) is 1. The number of rotatable bonds is 3. The largest absolute Gasteiger partial charge is 0.375 e. The summed E-state index contributed by atoms with van der Waals surface area (Å²) in [5, 5.41) is 0. The lowest BCUT2D eigenvalue weighted by Crippen LogP contribution is -2.59. The van der Waals surface area contributed by atoms with Crippen molar-refractivity contribution in [1.29, 1.82) is 0 Å². The minimum absolute atomic E-state index is 0.0382. The molecule has 1 N–H and O–H groups in total. The van der Waals surface area contributed by atoms with Crippen molar-refractivity contribution in [2.24, 2.45) is 0 Å². The lowest BCUT2D eigenvalue weighted by Gasteiger charge is -2.50. The number of hydrogen-bond donors (Lipinski definition) is 1. The first kappa shape index (κ1) is 19.5. The van der Waals surface area contributed by atoms with Crippen LogP contribution in [0.4, 0.5) is 0 Å². The van der Waals surface area contributed by atoms with Crippen LogP contribution in [0.3, 0.4) is 0 Å². The summed E-state index contributed by atoms with van der Waals surface area (Å²) >= 11 is 0. The van der Waals surface area contributed by atoms with E-state index in [2.05, 4.69) is 19.9 Å². The van der Waals surface area contributed by atoms with Gasteiger partial charge in [-0.15, -0.1) is 0 Å². The Morgan fingerprint density at radius 3 is 2.66 bits per heavy atom. The molecule has 154 valence electrons. The van der Waals surface area contributed by atoms with Crippen molar-refractivity contribution >= 4 is 11.8 Å². The fourth-order valence-corrected chi connectivity index (χ4v) is 4.59. The summed E-state index contributed by atoms with van der Waals surface area (Å²) in [6, 6.07) is 0. The Balaban J connectivity index is 1.58. The van der Waals surface area contributed by atoms with Crippen molar-refractivity contribution in [2.45, 2.75) is 38.6 Å². The Morgan fingerprint density at radius 1 is 1.21 bits per heavy atom. The first-order valence-corrected chi connectivity index (χ1v) is 9.88. The summed E-state index contributed by atoms with van der Waals surface area (Å²) in [6.45, 7) is 5.38. The highest BCUT2D eigenvalue weighted by Gasteiger charge is 2.49. The maximum atomic E-state index is 13.0. The van der Waals surface area contributed by atoms with Crippen molar-refractivity contribution in [3.8, 4) is 0 Å². The molecule has 29 heavy (non-hydrogen) atoms. The number of fused-ring (bicyclic) bond motifs is 2. The fourth-order valence-electron chi connectivity index (χ4n) is 4.59. The van der Waals surface area contributed by atoms with Crippen molar-refractivity contribution in [3.05, 3.63) is 41.0 Å². The molecule has 2 aromatic heterocycles. The molecule has 1 saturated heterocycles. The molecule has 0 unspecified atom stereocenters. The first-order valence-electron chi connectivity index (χ1n) is 9.88. The van der Waals surface area contributed by atoms with Crippen LogP contribution in [0, 0.1) is 13.8 Å². The lowest BCUT2D eigenvalue weighted by molar-refractivity contribution is -0.145. The lowest BCUT2D eigenvalue weighted by atomic mass is 9.78. The predicted octanol–water partition coefficient (Wildman–Crippen LogP) is 0.979. The smallest absolute Gasteiger partial charge is 0.257 e. The zero-order chi connectivity index (χ0) is 20.6. The second-order valence-corrected chi connectivity index (χ2v) is 7.70. The van der Waals surface area contributed by atoms with Gasteiger partial charge in [-0.2, -0.15) is 0 Å². The summed E-state index contributed by atoms with van der Waals surface area (Å²) in [4.78, 5) is 45.8. The van der Waals surface area contributed by atoms with E-state index in [0.29, 0.717) is 49.6 Å². The normalized spacial score (nSPS) is 18.0. The zero-order valence-corrected chi connectivity index (χ0v) is 17.1. The van der Waals surface area contributed by atoms with E-state index in [-0.39, 0.29) is 18.4 Å². The second kappa shape index (κ2) is 7.55. The summed E-state index contributed by atoms with van der Waals surface area (Å²) in [6.07, 6.45) is 5.32. The minimum atomic E-state index is -0.501. The van der Waals surface area contributed by atoms with Gasteiger partial charge in [0.2, 0.25) is 5.91 Å². The highest BCUT2D eigenvalue weighted by Crippen LogP contribution is 2.42. The van der Waals surface area contributed by atoms with Crippen LogP contribution in [0.25, 0.3) is 0 Å². The van der Waals surface area contributed by atoms with Crippen LogP contribution in [-0.4, -0.2) is 74.9 Å². The molecule has 2 aromatic rings. The van der Waals surface area contributed by atoms with Gasteiger partial charge in [0.15, 0.2) is 0 Å². The van der Waals surface area contributed by atoms with E-state index in [9.17, 15) is 9.59 Å². The topological polar surface area (TPSA) is 104 Å². The molecule has 0 bridgehead atoms. The number of methoxy groups -OCH3 is 1. The number of piperidine rings is 1. The molecule has 1 fully saturated rings. The number of carbonyl (C=O) groups is 2. The van der Waals surface area contributed by atoms with Crippen LogP contribution < -0.4 is 0 Å². The van der Waals surface area contributed by atoms with E-state index in [1.165, 1.54) is 7.11 Å². The third kappa shape index (κ3) is 3.29. The van der Waals surface area contributed by atoms with E-state index in [1.54, 1.807) is 12.5 Å². The van der Waals surface area contributed by atoms with Crippen LogP contribution in [0.1, 0.15) is 46.1 Å². The number of aryl methyl sites for hydroxylation is 2. The molecular weight excluding hydrogens is 372 g/mol. The van der Waals surface area contributed by atoms with Crippen LogP contribution >= 0.6 is 0 Å². The van der Waals surface area contributed by atoms with Crippen molar-refractivity contribution in [2.75, 3.05) is 33.4 Å². The molecule has 0 aliphatic carbocycles. The molecular formula is C20H26N6O3. The van der Waals surface area contributed by atoms with Crippen LogP contribution in [0.5, 0.6) is 0 Å². The first-order chi connectivity index (χ1) is 14.0. The van der Waals surface area contributed by atoms with Gasteiger partial charge < -0.3 is 19.5 Å². The Kier molecular flexibility index (Phi) is 5.08. The number of carbonyl (C=O) groups excluding carboxylic acids is 2. The number of imidazole rings is 1. The van der Waals surface area contributed by atoms with Crippen molar-refractivity contribution in [1.82, 2.24) is 29.7 Å². The second-order valence-electron chi connectivity index (χ2n) is 7.70. The monoisotopic (exact) mass is 398 g/mol. The molecule has 2 aliphatic heterocycles. The highest BCUT2D eigenvalue weighted by atomic mass is 16.5. The zero-order valence-electron chi connectivity index (χ0n) is 17.1. The molecule has 9 nitrogen and oxygen atoms in total. The number of amides is 2. The summed E-state index contributed by atoms with van der Waals surface area (Å²) < 4.78 is 5.10. The van der Waals surface area contributed by atoms with Gasteiger partial charge in [-0.25, -0.2) is 15.0 Å². The van der Waals surface area contributed by atoms with Gasteiger partial charge in [-0.3, -0.25) is 9.59 Å². The highest BCUT2D eigenvalue weighted by molar-refractivity contribution is 5.95. The molecule has 0 aromatic carbocycles. The average molecular weight is 398 g/mol. The number of aromatic amines is 1. The van der Waals surface area contributed by atoms with E-state index >= 15 is 0 Å². The van der Waals surface area contributed by atoms with Crippen LogP contribution in [0.15, 0.2) is 12.5 Å². The fraction of sp³-hybridized carbons (Fsp3) is 0.550. The number of nitrogens with zero attached hydrogens (tertiary/aromatic N) is 5. The number of ether oxygens (including phenoxy) is 1. The summed E-state index contributed by atoms with van der Waals surface area (Å²) in [5.41, 5.74) is 2.72. The summed E-state index contributed by atoms with van der Waals surface area (Å²) in [7, 11) is 1.53. The van der Waals surface area contributed by atoms with E-state index in [1.807, 2.05) is 23.6 Å². The van der Waals surface area contributed by atoms with Gasteiger partial charge in [0.05, 0.1) is 28.8 Å². The molecule has 2 aliphatic rings. The van der Waals surface area contributed by atoms with Crippen LogP contribution in [-0.2, 0) is 21.5 Å². The SMILES string of the molecule is COCC(=O)N1CCc2[nH]cnc2C12CCN(C(=O)c1cnc(C)nc1C)CC2. The number of hydrogen-bond acceptors (Lipinski definition) is 6. The molecule has 1 spiro atoms. The van der Waals surface area contributed by atoms with E-state index in [0.717, 1.165) is 17.8 Å². The van der Waals surface area contributed by atoms with Gasteiger partial charge in [-0.1, -0.05) is 0 Å². The van der Waals surface area contributed by atoms with Gasteiger partial charge in [0.25, 0.3) is 5.91 Å². The Labute approximate surface area is 169 Å². The Bertz CT molecular complexity index is 932. The van der Waals surface area contributed by atoms with Crippen LogP contribution in [0.2, 0.25) is 0 Å². The third-order valence-electron chi connectivity index (χ3n) is 6.04. The van der Waals surface area contributed by atoms with Crippen molar-refractivity contribution < 1.29 is 14.3 Å². The number of H-pyrrole nitrogens is 1. The van der Waals surface area contributed by atoms with E-state index < -0.39 is 5.54 Å². The molecule has 4 heterocycles. The molecule has 4 rings (SSSR count). The van der Waals surface area contributed by atoms with E-state index in [4.69, 9.17) is 4.74 Å². The number of aromatic nitrogens is 4. The molecule has 0 radical (unpaired) electrons. The minimum Gasteiger partial charge on any atom is -0.375 e. The Hall–Kier alpha value is -2.81. The maximum Gasteiger partial charge on any atom is 0.257 e. The Morgan fingerprint density at radius 2 is 1.97 bits per heavy atom. The average Bonchev–Trinajstić information content (AvgIpc) is 3.19. The molecule has 0 atom stereocenters. The van der Waals surface area contributed by atoms with Crippen molar-refractivity contribution in [3.63, 3.8) is 0 Å². The van der Waals surface area contributed by atoms with Gasteiger partial charge in [0.1, 0.15) is 12.4 Å². The van der Waals surface area contributed by atoms with Gasteiger partial charge in [0, 0.05) is 45.1 Å². The summed E-state index contributed by atoms with van der Waals surface area (Å²) in [5.74, 6) is 0.547. The molecule has 0 saturated carbocycles. The van der Waals surface area contributed by atoms with Gasteiger partial charge in [-0.05, 0) is 26.7 Å². The third-order valence-corrected chi connectivity index (χ3v) is 6.04. The number of likely N-dealkylation sites (tertiary alicyclic amines) is 1.